The molecule has 3 amide bonds. The Morgan fingerprint density at radius 3 is 2.14 bits per heavy atom. The summed E-state index contributed by atoms with van der Waals surface area (Å²) in [6.07, 6.45) is 0.719. The van der Waals surface area contributed by atoms with Crippen LogP contribution in [0, 0.1) is 5.92 Å². The van der Waals surface area contributed by atoms with Gasteiger partial charge < -0.3 is 9.74 Å². The Bertz CT molecular complexity index is 953. The Hall–Kier alpha value is -3.48. The zero-order valence-electron chi connectivity index (χ0n) is 15.9. The molecule has 2 aliphatic heterocycles. The molecular weight excluding hydrogens is 372 g/mol. The van der Waals surface area contributed by atoms with E-state index in [9.17, 15) is 19.2 Å². The molecule has 1 fully saturated rings. The number of carbonyl (C=O) groups excluding carboxylic acids is 4. The van der Waals surface area contributed by atoms with Gasteiger partial charge in [0, 0.05) is 13.0 Å². The van der Waals surface area contributed by atoms with Crippen molar-refractivity contribution in [2.24, 2.45) is 5.92 Å². The SMILES string of the molecule is CCCN1C(=O)CC(C(=O)ON2C(=O)c3ccccc3C2=O)C1c1ccccc1. The van der Waals surface area contributed by atoms with Crippen LogP contribution in [0.4, 0.5) is 0 Å². The van der Waals surface area contributed by atoms with E-state index >= 15 is 0 Å². The summed E-state index contributed by atoms with van der Waals surface area (Å²) in [7, 11) is 0. The van der Waals surface area contributed by atoms with Gasteiger partial charge in [0.25, 0.3) is 11.8 Å². The van der Waals surface area contributed by atoms with E-state index in [1.54, 1.807) is 17.0 Å². The Kier molecular flexibility index (Phi) is 4.88. The number of nitrogens with zero attached hydrogens (tertiary/aromatic N) is 2. The molecule has 2 heterocycles. The van der Waals surface area contributed by atoms with Crippen molar-refractivity contribution in [3.8, 4) is 0 Å². The minimum absolute atomic E-state index is 0.0262. The number of imide groups is 1. The van der Waals surface area contributed by atoms with E-state index in [4.69, 9.17) is 4.84 Å². The van der Waals surface area contributed by atoms with Crippen LogP contribution in [0.1, 0.15) is 52.1 Å². The van der Waals surface area contributed by atoms with Crippen molar-refractivity contribution < 1.29 is 24.0 Å². The molecule has 2 aliphatic rings. The van der Waals surface area contributed by atoms with E-state index in [0.717, 1.165) is 12.0 Å². The van der Waals surface area contributed by atoms with Gasteiger partial charge in [-0.05, 0) is 24.1 Å². The molecule has 0 bridgehead atoms. The van der Waals surface area contributed by atoms with E-state index in [2.05, 4.69) is 0 Å². The van der Waals surface area contributed by atoms with Gasteiger partial charge in [-0.3, -0.25) is 14.4 Å². The Labute approximate surface area is 167 Å². The molecule has 0 saturated carbocycles. The molecule has 29 heavy (non-hydrogen) atoms. The predicted molar refractivity (Wildman–Crippen MR) is 102 cm³/mol. The topological polar surface area (TPSA) is 84.0 Å². The molecule has 1 saturated heterocycles. The first-order valence-electron chi connectivity index (χ1n) is 9.57. The first kappa shape index (κ1) is 18.9. The van der Waals surface area contributed by atoms with Gasteiger partial charge >= 0.3 is 5.97 Å². The maximum Gasteiger partial charge on any atom is 0.339 e. The fourth-order valence-electron chi connectivity index (χ4n) is 3.98. The summed E-state index contributed by atoms with van der Waals surface area (Å²) >= 11 is 0. The molecule has 2 unspecified atom stereocenters. The normalized spacial score (nSPS) is 20.9. The highest BCUT2D eigenvalue weighted by molar-refractivity contribution is 6.20. The van der Waals surface area contributed by atoms with Crippen molar-refractivity contribution in [1.29, 1.82) is 0 Å². The van der Waals surface area contributed by atoms with Crippen molar-refractivity contribution in [3.63, 3.8) is 0 Å². The molecule has 2 atom stereocenters. The van der Waals surface area contributed by atoms with Crippen LogP contribution < -0.4 is 0 Å². The highest BCUT2D eigenvalue weighted by Crippen LogP contribution is 2.39. The maximum atomic E-state index is 13.0. The highest BCUT2D eigenvalue weighted by Gasteiger charge is 2.47. The van der Waals surface area contributed by atoms with Gasteiger partial charge in [0.1, 0.15) is 0 Å². The number of likely N-dealkylation sites (tertiary alicyclic amines) is 1. The Morgan fingerprint density at radius 1 is 0.966 bits per heavy atom. The quantitative estimate of drug-likeness (QED) is 0.731. The van der Waals surface area contributed by atoms with Crippen LogP contribution in [0.15, 0.2) is 54.6 Å². The summed E-state index contributed by atoms with van der Waals surface area (Å²) in [6.45, 7) is 2.47. The first-order chi connectivity index (χ1) is 14.0. The van der Waals surface area contributed by atoms with Crippen LogP contribution in [0.3, 0.4) is 0 Å². The standard InChI is InChI=1S/C22H20N2O5/c1-2-12-23-18(25)13-17(19(23)14-8-4-3-5-9-14)22(28)29-24-20(26)15-10-6-7-11-16(15)21(24)27/h3-11,17,19H,2,12-13H2,1H3. The molecule has 0 N–H and O–H groups in total. The number of carbonyl (C=O) groups is 4. The van der Waals surface area contributed by atoms with Gasteiger partial charge in [-0.2, -0.15) is 0 Å². The molecule has 148 valence electrons. The number of rotatable bonds is 5. The second-order valence-corrected chi connectivity index (χ2v) is 7.11. The van der Waals surface area contributed by atoms with E-state index in [1.165, 1.54) is 12.1 Å². The predicted octanol–water partition coefficient (Wildman–Crippen LogP) is 2.74. The number of hydrogen-bond acceptors (Lipinski definition) is 5. The van der Waals surface area contributed by atoms with Crippen LogP contribution in [0.25, 0.3) is 0 Å². The average molecular weight is 392 g/mol. The molecule has 4 rings (SSSR count). The molecule has 0 radical (unpaired) electrons. The molecule has 0 spiro atoms. The number of amides is 3. The maximum absolute atomic E-state index is 13.0. The van der Waals surface area contributed by atoms with Crippen LogP contribution in [-0.4, -0.2) is 40.2 Å². The minimum atomic E-state index is -0.805. The van der Waals surface area contributed by atoms with E-state index < -0.39 is 29.7 Å². The van der Waals surface area contributed by atoms with E-state index in [1.807, 2.05) is 37.3 Å². The highest BCUT2D eigenvalue weighted by atomic mass is 16.7. The number of fused-ring (bicyclic) bond motifs is 1. The number of hydrogen-bond donors (Lipinski definition) is 0. The van der Waals surface area contributed by atoms with Crippen LogP contribution >= 0.6 is 0 Å². The second-order valence-electron chi connectivity index (χ2n) is 7.11. The zero-order chi connectivity index (χ0) is 20.5. The third-order valence-corrected chi connectivity index (χ3v) is 5.28. The van der Waals surface area contributed by atoms with Gasteiger partial charge in [-0.15, -0.1) is 0 Å². The molecule has 0 aliphatic carbocycles. The summed E-state index contributed by atoms with van der Waals surface area (Å²) in [4.78, 5) is 57.5. The second kappa shape index (κ2) is 7.50. The van der Waals surface area contributed by atoms with Crippen molar-refractivity contribution in [3.05, 3.63) is 71.3 Å². The summed E-state index contributed by atoms with van der Waals surface area (Å²) in [6, 6.07) is 15.1. The number of benzene rings is 2. The van der Waals surface area contributed by atoms with Gasteiger partial charge in [-0.25, -0.2) is 4.79 Å². The van der Waals surface area contributed by atoms with Gasteiger partial charge in [-0.1, -0.05) is 54.5 Å². The fourth-order valence-corrected chi connectivity index (χ4v) is 3.98. The third kappa shape index (κ3) is 3.18. The summed E-state index contributed by atoms with van der Waals surface area (Å²) in [5.74, 6) is -3.07. The fraction of sp³-hybridized carbons (Fsp3) is 0.273. The number of hydroxylamine groups is 2. The van der Waals surface area contributed by atoms with Crippen molar-refractivity contribution in [2.75, 3.05) is 6.54 Å². The summed E-state index contributed by atoms with van der Waals surface area (Å²) in [5, 5.41) is 0.502. The van der Waals surface area contributed by atoms with Crippen LogP contribution in [-0.2, 0) is 14.4 Å². The minimum Gasteiger partial charge on any atom is -0.335 e. The third-order valence-electron chi connectivity index (χ3n) is 5.28. The van der Waals surface area contributed by atoms with E-state index in [0.29, 0.717) is 11.6 Å². The van der Waals surface area contributed by atoms with Crippen molar-refractivity contribution >= 4 is 23.7 Å². The lowest BCUT2D eigenvalue weighted by Crippen LogP contribution is -2.37. The molecular formula is C22H20N2O5. The zero-order valence-corrected chi connectivity index (χ0v) is 15.9. The van der Waals surface area contributed by atoms with Crippen molar-refractivity contribution in [2.45, 2.75) is 25.8 Å². The lowest BCUT2D eigenvalue weighted by Gasteiger charge is -2.28. The lowest BCUT2D eigenvalue weighted by molar-refractivity contribution is -0.174. The summed E-state index contributed by atoms with van der Waals surface area (Å²) in [5.41, 5.74) is 1.20. The van der Waals surface area contributed by atoms with Gasteiger partial charge in [0.2, 0.25) is 5.91 Å². The monoisotopic (exact) mass is 392 g/mol. The smallest absolute Gasteiger partial charge is 0.335 e. The Balaban J connectivity index is 1.60. The van der Waals surface area contributed by atoms with Gasteiger partial charge in [0.05, 0.1) is 23.1 Å². The van der Waals surface area contributed by atoms with Crippen LogP contribution in [0.2, 0.25) is 0 Å². The lowest BCUT2D eigenvalue weighted by atomic mass is 9.93. The largest absolute Gasteiger partial charge is 0.339 e. The average Bonchev–Trinajstić information content (AvgIpc) is 3.19. The van der Waals surface area contributed by atoms with Crippen LogP contribution in [0.5, 0.6) is 0 Å². The Morgan fingerprint density at radius 2 is 1.55 bits per heavy atom. The van der Waals surface area contributed by atoms with E-state index in [-0.39, 0.29) is 23.5 Å². The molecule has 2 aromatic rings. The first-order valence-corrected chi connectivity index (χ1v) is 9.57. The van der Waals surface area contributed by atoms with Crippen molar-refractivity contribution in [1.82, 2.24) is 9.96 Å². The summed E-state index contributed by atoms with van der Waals surface area (Å²) < 4.78 is 0. The van der Waals surface area contributed by atoms with Gasteiger partial charge in [0.15, 0.2) is 0 Å². The molecule has 0 aromatic heterocycles. The molecule has 7 heteroatoms. The molecule has 7 nitrogen and oxygen atoms in total. The molecule has 2 aromatic carbocycles.